The van der Waals surface area contributed by atoms with Gasteiger partial charge >= 0.3 is 0 Å². The molecule has 0 aliphatic carbocycles. The van der Waals surface area contributed by atoms with Gasteiger partial charge in [0.2, 0.25) is 0 Å². The smallest absolute Gasteiger partial charge is 0.164 e. The number of para-hydroxylation sites is 1. The van der Waals surface area contributed by atoms with Crippen molar-refractivity contribution in [3.05, 3.63) is 267 Å². The summed E-state index contributed by atoms with van der Waals surface area (Å²) in [6, 6.07) is 95.1. The first-order chi connectivity index (χ1) is 40.1. The van der Waals surface area contributed by atoms with Gasteiger partial charge in [0.15, 0.2) is 17.5 Å². The number of furan rings is 2. The molecule has 81 heavy (non-hydrogen) atoms. The largest absolute Gasteiger partial charge is 0.456 e. The number of aromatic nitrogens is 4. The van der Waals surface area contributed by atoms with Gasteiger partial charge in [0.05, 0.1) is 16.7 Å². The fourth-order valence-corrected chi connectivity index (χ4v) is 12.5. The fraction of sp³-hybridized carbons (Fsp3) is 0. The topological polar surface area (TPSA) is 69.9 Å². The van der Waals surface area contributed by atoms with Gasteiger partial charge in [-0.3, -0.25) is 0 Å². The molecule has 6 nitrogen and oxygen atoms in total. The van der Waals surface area contributed by atoms with Crippen LogP contribution in [-0.4, -0.2) is 19.5 Å². The summed E-state index contributed by atoms with van der Waals surface area (Å²) in [6.07, 6.45) is 0. The van der Waals surface area contributed by atoms with Crippen LogP contribution in [0.3, 0.4) is 0 Å². The van der Waals surface area contributed by atoms with Crippen LogP contribution >= 0.6 is 0 Å². The van der Waals surface area contributed by atoms with E-state index in [0.717, 1.165) is 121 Å². The van der Waals surface area contributed by atoms with E-state index in [2.05, 4.69) is 235 Å². The van der Waals surface area contributed by atoms with Crippen LogP contribution in [0.4, 0.5) is 0 Å². The molecule has 0 unspecified atom stereocenters. The molecular formula is C75H44N4O2. The average molecular weight is 1030 g/mol. The first kappa shape index (κ1) is 45.1. The summed E-state index contributed by atoms with van der Waals surface area (Å²) in [4.78, 5) is 16.1. The van der Waals surface area contributed by atoms with E-state index in [-0.39, 0.29) is 0 Å². The predicted molar refractivity (Wildman–Crippen MR) is 334 cm³/mol. The van der Waals surface area contributed by atoms with E-state index in [0.29, 0.717) is 17.5 Å². The van der Waals surface area contributed by atoms with Crippen LogP contribution in [0.15, 0.2) is 276 Å². The highest BCUT2D eigenvalue weighted by molar-refractivity contribution is 6.24. The summed E-state index contributed by atoms with van der Waals surface area (Å²) < 4.78 is 15.9. The zero-order valence-corrected chi connectivity index (χ0v) is 43.5. The van der Waals surface area contributed by atoms with Gasteiger partial charge < -0.3 is 13.4 Å². The molecule has 0 N–H and O–H groups in total. The van der Waals surface area contributed by atoms with Gasteiger partial charge in [0, 0.05) is 60.6 Å². The predicted octanol–water partition coefficient (Wildman–Crippen LogP) is 20.2. The second kappa shape index (κ2) is 17.8. The number of nitrogens with zero attached hydrogens (tertiary/aromatic N) is 4. The first-order valence-corrected chi connectivity index (χ1v) is 27.4. The zero-order valence-electron chi connectivity index (χ0n) is 43.5. The molecule has 4 heterocycles. The highest BCUT2D eigenvalue weighted by Gasteiger charge is 2.25. The lowest BCUT2D eigenvalue weighted by Crippen LogP contribution is -2.00. The maximum Gasteiger partial charge on any atom is 0.164 e. The Morgan fingerprint density at radius 1 is 0.247 bits per heavy atom. The van der Waals surface area contributed by atoms with E-state index in [1.54, 1.807) is 0 Å². The van der Waals surface area contributed by atoms with Crippen LogP contribution in [0, 0.1) is 0 Å². The Morgan fingerprint density at radius 3 is 1.58 bits per heavy atom. The molecule has 17 rings (SSSR count). The van der Waals surface area contributed by atoms with Gasteiger partial charge in [-0.25, -0.2) is 15.0 Å². The van der Waals surface area contributed by atoms with Crippen LogP contribution in [0.25, 0.3) is 171 Å². The molecule has 0 amide bonds. The number of fused-ring (bicyclic) bond motifs is 13. The van der Waals surface area contributed by atoms with E-state index >= 15 is 0 Å². The number of rotatable bonds is 7. The van der Waals surface area contributed by atoms with Crippen molar-refractivity contribution in [1.29, 1.82) is 0 Å². The van der Waals surface area contributed by atoms with Gasteiger partial charge in [0.25, 0.3) is 0 Å². The van der Waals surface area contributed by atoms with E-state index in [9.17, 15) is 0 Å². The standard InChI is InChI=1S/C75H44N4O2/c1-3-16-45(17-4-1)54-37-55(46-18-5-2-6-19-46)39-56(38-54)60-43-63-70(44-66(60)79-64-34-32-48-21-11-12-25-57(48)71(64)62-40-50-23-9-10-24-51(50)42-65(62)79)81-69-29-15-27-59(72(63)69)75-77-73(52-31-30-47-20-7-8-22-49(47)36-52)76-74(78-75)53-33-35-68-61(41-53)58-26-13-14-28-67(58)80-68/h1-44H. The molecule has 17 aromatic rings. The van der Waals surface area contributed by atoms with Crippen molar-refractivity contribution in [2.45, 2.75) is 0 Å². The Balaban J connectivity index is 0.965. The summed E-state index contributed by atoms with van der Waals surface area (Å²) in [5.74, 6) is 1.67. The highest BCUT2D eigenvalue weighted by atomic mass is 16.3. The van der Waals surface area contributed by atoms with E-state index < -0.39 is 0 Å². The molecule has 0 saturated carbocycles. The maximum absolute atomic E-state index is 7.16. The quantitative estimate of drug-likeness (QED) is 0.159. The molecule has 4 aromatic heterocycles. The van der Waals surface area contributed by atoms with Crippen LogP contribution in [0.2, 0.25) is 0 Å². The minimum absolute atomic E-state index is 0.540. The summed E-state index contributed by atoms with van der Waals surface area (Å²) in [5.41, 5.74) is 15.6. The second-order valence-corrected chi connectivity index (χ2v) is 21.1. The van der Waals surface area contributed by atoms with E-state index in [1.807, 2.05) is 36.4 Å². The number of benzene rings is 13. The number of hydrogen-bond donors (Lipinski definition) is 0. The monoisotopic (exact) mass is 1030 g/mol. The Bertz CT molecular complexity index is 5360. The Kier molecular flexibility index (Phi) is 9.91. The minimum Gasteiger partial charge on any atom is -0.456 e. The third-order valence-corrected chi connectivity index (χ3v) is 16.4. The van der Waals surface area contributed by atoms with Crippen molar-refractivity contribution in [1.82, 2.24) is 19.5 Å². The Morgan fingerprint density at radius 2 is 0.815 bits per heavy atom. The van der Waals surface area contributed by atoms with E-state index in [4.69, 9.17) is 23.8 Å². The second-order valence-electron chi connectivity index (χ2n) is 21.1. The molecule has 13 aromatic carbocycles. The summed E-state index contributed by atoms with van der Waals surface area (Å²) in [6.45, 7) is 0. The van der Waals surface area contributed by atoms with Gasteiger partial charge in [-0.2, -0.15) is 0 Å². The lowest BCUT2D eigenvalue weighted by molar-refractivity contribution is 0.668. The van der Waals surface area contributed by atoms with Gasteiger partial charge in [0.1, 0.15) is 22.3 Å². The van der Waals surface area contributed by atoms with Gasteiger partial charge in [-0.1, -0.05) is 182 Å². The molecule has 0 saturated heterocycles. The Labute approximate surface area is 464 Å². The van der Waals surface area contributed by atoms with Crippen molar-refractivity contribution < 1.29 is 8.83 Å². The van der Waals surface area contributed by atoms with Crippen molar-refractivity contribution in [2.24, 2.45) is 0 Å². The SMILES string of the molecule is c1ccc(-c2cc(-c3ccccc3)cc(-c3cc4c(cc3-n3c5cc6ccccc6cc5c5c6ccccc6ccc53)oc3cccc(-c5nc(-c6ccc7ccccc7c6)nc(-c6ccc7oc8ccccc8c7c6)n5)c34)c2)cc1. The maximum atomic E-state index is 7.16. The average Bonchev–Trinajstić information content (AvgIpc) is 4.38. The number of hydrogen-bond acceptors (Lipinski definition) is 5. The molecule has 376 valence electrons. The van der Waals surface area contributed by atoms with Crippen molar-refractivity contribution in [2.75, 3.05) is 0 Å². The molecule has 0 aliphatic heterocycles. The van der Waals surface area contributed by atoms with Crippen LogP contribution in [0.5, 0.6) is 0 Å². The molecule has 0 atom stereocenters. The Hall–Kier alpha value is -11.0. The normalized spacial score (nSPS) is 12.0. The molecule has 6 heteroatoms. The first-order valence-electron chi connectivity index (χ1n) is 27.4. The third kappa shape index (κ3) is 7.31. The summed E-state index contributed by atoms with van der Waals surface area (Å²) in [5, 5.41) is 13.3. The van der Waals surface area contributed by atoms with Crippen molar-refractivity contribution in [3.8, 4) is 73.2 Å². The summed E-state index contributed by atoms with van der Waals surface area (Å²) in [7, 11) is 0. The molecule has 0 spiro atoms. The lowest BCUT2D eigenvalue weighted by atomic mass is 9.91. The van der Waals surface area contributed by atoms with Crippen LogP contribution < -0.4 is 0 Å². The van der Waals surface area contributed by atoms with Gasteiger partial charge in [-0.15, -0.1) is 0 Å². The van der Waals surface area contributed by atoms with Crippen LogP contribution in [-0.2, 0) is 0 Å². The molecular weight excluding hydrogens is 989 g/mol. The third-order valence-electron chi connectivity index (χ3n) is 16.4. The fourth-order valence-electron chi connectivity index (χ4n) is 12.5. The summed E-state index contributed by atoms with van der Waals surface area (Å²) >= 11 is 0. The van der Waals surface area contributed by atoms with Crippen molar-refractivity contribution in [3.63, 3.8) is 0 Å². The van der Waals surface area contributed by atoms with Crippen LogP contribution in [0.1, 0.15) is 0 Å². The molecule has 0 radical (unpaired) electrons. The molecule has 0 bridgehead atoms. The van der Waals surface area contributed by atoms with E-state index in [1.165, 1.54) is 32.3 Å². The van der Waals surface area contributed by atoms with Gasteiger partial charge in [-0.05, 0) is 139 Å². The minimum atomic E-state index is 0.540. The molecule has 0 fully saturated rings. The van der Waals surface area contributed by atoms with Crippen molar-refractivity contribution >= 4 is 98.0 Å². The zero-order chi connectivity index (χ0) is 53.1. The molecule has 0 aliphatic rings. The highest BCUT2D eigenvalue weighted by Crippen LogP contribution is 2.46. The lowest BCUT2D eigenvalue weighted by Gasteiger charge is -2.17.